The minimum absolute atomic E-state index is 0. The normalized spacial score (nSPS) is 26.5. The minimum Gasteiger partial charge on any atom is -0.412 e. The van der Waals surface area contributed by atoms with Crippen molar-refractivity contribution >= 4 is 17.0 Å². The van der Waals surface area contributed by atoms with Gasteiger partial charge in [-0.3, -0.25) is 4.57 Å². The molecule has 9 heteroatoms. The summed E-state index contributed by atoms with van der Waals surface area (Å²) in [6, 6.07) is 0. The summed E-state index contributed by atoms with van der Waals surface area (Å²) in [5.74, 6) is 0.302. The van der Waals surface area contributed by atoms with Gasteiger partial charge in [0.2, 0.25) is 0 Å². The molecule has 3 atom stereocenters. The van der Waals surface area contributed by atoms with Crippen LogP contribution in [-0.4, -0.2) is 54.0 Å². The summed E-state index contributed by atoms with van der Waals surface area (Å²) in [4.78, 5) is 12.1. The van der Waals surface area contributed by atoms with Crippen molar-refractivity contribution in [1.82, 2.24) is 19.5 Å². The monoisotopic (exact) mass is 274 g/mol. The molecule has 3 rings (SSSR count). The molecule has 0 spiro atoms. The number of hydrogen-bond donors (Lipinski definition) is 3. The number of nitrogens with zero attached hydrogens (tertiary/aromatic N) is 4. The van der Waals surface area contributed by atoms with Crippen LogP contribution in [0.2, 0.25) is 0 Å². The van der Waals surface area contributed by atoms with Gasteiger partial charge in [0, 0.05) is 6.42 Å². The van der Waals surface area contributed by atoms with E-state index in [-0.39, 0.29) is 12.1 Å². The highest BCUT2D eigenvalue weighted by Gasteiger charge is 2.35. The lowest BCUT2D eigenvalue weighted by Gasteiger charge is -2.13. The predicted molar refractivity (Wildman–Crippen MR) is 65.0 cm³/mol. The fourth-order valence-electron chi connectivity index (χ4n) is 2.13. The lowest BCUT2D eigenvalue weighted by Crippen LogP contribution is -2.24. The van der Waals surface area contributed by atoms with Crippen LogP contribution < -0.4 is 5.73 Å². The Morgan fingerprint density at radius 3 is 2.89 bits per heavy atom. The molecular weight excluding hydrogens is 259 g/mol. The van der Waals surface area contributed by atoms with E-state index in [0.717, 1.165) is 0 Å². The Labute approximate surface area is 108 Å². The second kappa shape index (κ2) is 5.05. The smallest absolute Gasteiger partial charge is 0.167 e. The molecule has 0 unspecified atom stereocenters. The van der Waals surface area contributed by atoms with Gasteiger partial charge in [0.05, 0.1) is 19.0 Å². The van der Waals surface area contributed by atoms with Gasteiger partial charge in [0.1, 0.15) is 24.2 Å². The van der Waals surface area contributed by atoms with Crippen molar-refractivity contribution < 1.29 is 20.4 Å². The number of anilines is 1. The van der Waals surface area contributed by atoms with Crippen molar-refractivity contribution in [2.75, 3.05) is 12.3 Å². The summed E-state index contributed by atoms with van der Waals surface area (Å²) >= 11 is 0. The second-order valence-electron chi connectivity index (χ2n) is 4.20. The largest absolute Gasteiger partial charge is 0.412 e. The molecule has 0 aliphatic carbocycles. The fourth-order valence-corrected chi connectivity index (χ4v) is 2.13. The number of nitrogen functional groups attached to an aromatic ring is 1. The average molecular weight is 274 g/mol. The Morgan fingerprint density at radius 2 is 2.21 bits per heavy atom. The van der Waals surface area contributed by atoms with E-state index < -0.39 is 18.4 Å². The molecule has 1 fully saturated rings. The van der Waals surface area contributed by atoms with Gasteiger partial charge >= 0.3 is 0 Å². The molecule has 9 nitrogen and oxygen atoms in total. The lowest BCUT2D eigenvalue weighted by molar-refractivity contribution is -0.0432. The Hall–Kier alpha value is -1.81. The minimum atomic E-state index is -0.698. The van der Waals surface area contributed by atoms with E-state index >= 15 is 0 Å². The summed E-state index contributed by atoms with van der Waals surface area (Å²) in [5.41, 5.74) is 6.75. The number of imidazole rings is 1. The van der Waals surface area contributed by atoms with Crippen LogP contribution in [0.15, 0.2) is 12.7 Å². The van der Waals surface area contributed by atoms with Crippen molar-refractivity contribution in [3.63, 3.8) is 0 Å². The molecule has 104 valence electrons. The highest BCUT2D eigenvalue weighted by atomic mass is 16.7. The van der Waals surface area contributed by atoms with E-state index in [1.165, 1.54) is 6.33 Å². The summed E-state index contributed by atoms with van der Waals surface area (Å²) in [6.07, 6.45) is 1.60. The zero-order valence-electron chi connectivity index (χ0n) is 9.97. The van der Waals surface area contributed by atoms with Gasteiger partial charge in [0.15, 0.2) is 11.5 Å². The van der Waals surface area contributed by atoms with Gasteiger partial charge < -0.3 is 26.2 Å². The van der Waals surface area contributed by atoms with Crippen LogP contribution in [-0.2, 0) is 4.74 Å². The molecule has 0 amide bonds. The van der Waals surface area contributed by atoms with Crippen molar-refractivity contribution in [2.24, 2.45) is 0 Å². The maximum Gasteiger partial charge on any atom is 0.167 e. The number of aliphatic hydroxyl groups excluding tert-OH is 2. The van der Waals surface area contributed by atoms with Crippen molar-refractivity contribution in [3.05, 3.63) is 12.7 Å². The zero-order chi connectivity index (χ0) is 12.7. The van der Waals surface area contributed by atoms with Crippen molar-refractivity contribution in [3.8, 4) is 0 Å². The average Bonchev–Trinajstić information content (AvgIpc) is 2.93. The number of ether oxygens (including phenoxy) is 1. The van der Waals surface area contributed by atoms with E-state index in [1.807, 2.05) is 0 Å². The summed E-state index contributed by atoms with van der Waals surface area (Å²) in [6.45, 7) is -0.221. The fraction of sp³-hybridized carbons (Fsp3) is 0.500. The molecule has 1 aliphatic heterocycles. The number of hydrogen-bond acceptors (Lipinski definition) is 7. The van der Waals surface area contributed by atoms with Crippen molar-refractivity contribution in [1.29, 1.82) is 0 Å². The standard InChI is InChI=1S/C10H13N5O3.H2O/c11-9-8-10(13-3-12-9)15(4-14-8)7-1-5(17)6(2-16)18-7;/h3-7,16-17H,1-2H2,(H2,11,12,13);1H2/t5-,6+,7+;/m0./s1/i1+1,2+1,5+1,6+1,7+1;. The number of aliphatic hydroxyl groups is 2. The summed E-state index contributed by atoms with van der Waals surface area (Å²) in [5, 5.41) is 18.8. The molecule has 1 saturated heterocycles. The van der Waals surface area contributed by atoms with E-state index in [9.17, 15) is 5.11 Å². The second-order valence-corrected chi connectivity index (χ2v) is 4.20. The first-order valence-corrected chi connectivity index (χ1v) is 5.58. The predicted octanol–water partition coefficient (Wildman–Crippen LogP) is -1.78. The topological polar surface area (TPSA) is 151 Å². The molecule has 1 aliphatic rings. The number of nitrogens with two attached hydrogens (primary N) is 1. The quantitative estimate of drug-likeness (QED) is 0.548. The van der Waals surface area contributed by atoms with Gasteiger partial charge in [-0.1, -0.05) is 0 Å². The molecular formula is C10H15N5O4. The third-order valence-corrected chi connectivity index (χ3v) is 3.08. The molecule has 0 radical (unpaired) electrons. The third-order valence-electron chi connectivity index (χ3n) is 3.08. The highest BCUT2D eigenvalue weighted by Crippen LogP contribution is 2.30. The van der Waals surface area contributed by atoms with Crippen LogP contribution in [0.25, 0.3) is 11.2 Å². The molecule has 6 N–H and O–H groups in total. The van der Waals surface area contributed by atoms with Crippen molar-refractivity contribution in [2.45, 2.75) is 24.9 Å². The zero-order valence-corrected chi connectivity index (χ0v) is 9.97. The van der Waals surface area contributed by atoms with Gasteiger partial charge in [0.25, 0.3) is 0 Å². The number of fused-ring (bicyclic) bond motifs is 1. The lowest BCUT2D eigenvalue weighted by atomic mass is 10.5. The van der Waals surface area contributed by atoms with Crippen LogP contribution in [0, 0.1) is 0 Å². The van der Waals surface area contributed by atoms with Crippen LogP contribution in [0.3, 0.4) is 0 Å². The Kier molecular flexibility index (Phi) is 3.62. The van der Waals surface area contributed by atoms with Crippen LogP contribution in [0.4, 0.5) is 5.82 Å². The first-order chi connectivity index (χ1) is 8.70. The number of rotatable bonds is 2. The molecule has 0 aromatic carbocycles. The molecule has 0 bridgehead atoms. The summed E-state index contributed by atoms with van der Waals surface area (Å²) < 4.78 is 7.22. The maximum absolute atomic E-state index is 9.71. The highest BCUT2D eigenvalue weighted by molar-refractivity contribution is 5.81. The molecule has 0 saturated carbocycles. The van der Waals surface area contributed by atoms with Gasteiger partial charge in [-0.05, 0) is 0 Å². The maximum atomic E-state index is 9.71. The molecule has 19 heavy (non-hydrogen) atoms. The molecule has 2 aromatic rings. The summed E-state index contributed by atoms with van der Waals surface area (Å²) in [7, 11) is 0. The molecule has 2 aromatic heterocycles. The van der Waals surface area contributed by atoms with Crippen LogP contribution >= 0.6 is 0 Å². The first-order valence-electron chi connectivity index (χ1n) is 5.58. The molecule has 3 heterocycles. The van der Waals surface area contributed by atoms with Gasteiger partial charge in [-0.15, -0.1) is 0 Å². The Morgan fingerprint density at radius 1 is 1.42 bits per heavy atom. The third kappa shape index (κ3) is 2.12. The SMILES string of the molecule is Nc1ncnc2c1ncn2[13C@H]1[13CH2][13C@H](O)[13C@@H]([13CH2]O)O1.O. The van der Waals surface area contributed by atoms with Gasteiger partial charge in [-0.2, -0.15) is 0 Å². The van der Waals surface area contributed by atoms with E-state index in [2.05, 4.69) is 15.0 Å². The number of aromatic nitrogens is 4. The Bertz CT molecular complexity index is 574. The van der Waals surface area contributed by atoms with Crippen LogP contribution in [0.1, 0.15) is 12.6 Å². The van der Waals surface area contributed by atoms with Gasteiger partial charge in [-0.25, -0.2) is 15.0 Å². The first kappa shape index (κ1) is 13.6. The Balaban J connectivity index is 0.00000133. The van der Waals surface area contributed by atoms with E-state index in [1.54, 1.807) is 10.9 Å². The van der Waals surface area contributed by atoms with Crippen LogP contribution in [0.5, 0.6) is 0 Å². The van der Waals surface area contributed by atoms with E-state index in [0.29, 0.717) is 23.4 Å². The van der Waals surface area contributed by atoms with E-state index in [4.69, 9.17) is 15.6 Å².